The van der Waals surface area contributed by atoms with Crippen LogP contribution in [0.1, 0.15) is 36.2 Å². The number of halogens is 1. The molecule has 234 valence electrons. The maximum atomic E-state index is 13.5. The van der Waals surface area contributed by atoms with E-state index in [4.69, 9.17) is 16.3 Å². The summed E-state index contributed by atoms with van der Waals surface area (Å²) in [5, 5.41) is 9.18. The summed E-state index contributed by atoms with van der Waals surface area (Å²) in [6.45, 7) is 4.44. The minimum absolute atomic E-state index is 0.0456. The Morgan fingerprint density at radius 1 is 0.935 bits per heavy atom. The Balaban J connectivity index is 1.28. The number of ether oxygens (including phenoxy) is 1. The summed E-state index contributed by atoms with van der Waals surface area (Å²) in [6, 6.07) is 28.5. The maximum absolute atomic E-state index is 13.5. The number of carbonyl (C=O) groups is 3. The summed E-state index contributed by atoms with van der Waals surface area (Å²) in [5.41, 5.74) is 2.40. The maximum Gasteiger partial charge on any atom is 0.272 e. The normalized spacial score (nSPS) is 11.9. The highest BCUT2D eigenvalue weighted by Crippen LogP contribution is 2.32. The van der Waals surface area contributed by atoms with Gasteiger partial charge in [0.2, 0.25) is 5.91 Å². The number of aromatic nitrogens is 1. The molecule has 1 atom stereocenters. The monoisotopic (exact) mass is 670 g/mol. The van der Waals surface area contributed by atoms with E-state index in [2.05, 4.69) is 20.9 Å². The van der Waals surface area contributed by atoms with Gasteiger partial charge in [-0.05, 0) is 85.6 Å². The third-order valence-corrected chi connectivity index (χ3v) is 9.15. The smallest absolute Gasteiger partial charge is 0.272 e. The van der Waals surface area contributed by atoms with Crippen LogP contribution in [0.25, 0.3) is 16.3 Å². The predicted octanol–water partition coefficient (Wildman–Crippen LogP) is 8.27. The standard InChI is InChI=1S/C35H31ClN4O4S2/c1-3-30(34(43)40-35-39-28-17-16-26(44-4-2)21-31(28)46-35)45-27-15-9-14-25(20-27)37-33(42)29(19-22-10-8-13-24(36)18-22)38-32(41)23-11-6-5-7-12-23/h5-21,30H,3-4H2,1-2H3,(H,37,42)(H,38,41)(H,39,40,43)/b29-19-. The van der Waals surface area contributed by atoms with Crippen molar-refractivity contribution < 1.29 is 19.1 Å². The van der Waals surface area contributed by atoms with Gasteiger partial charge in [0.15, 0.2) is 5.13 Å². The van der Waals surface area contributed by atoms with Crippen LogP contribution in [-0.2, 0) is 9.59 Å². The molecule has 0 fully saturated rings. The third-order valence-electron chi connectivity index (χ3n) is 6.62. The Morgan fingerprint density at radius 2 is 1.74 bits per heavy atom. The fourth-order valence-electron chi connectivity index (χ4n) is 4.44. The topological polar surface area (TPSA) is 109 Å². The molecule has 46 heavy (non-hydrogen) atoms. The molecule has 3 N–H and O–H groups in total. The van der Waals surface area contributed by atoms with Crippen LogP contribution in [-0.4, -0.2) is 34.6 Å². The number of fused-ring (bicyclic) bond motifs is 1. The second-order valence-corrected chi connectivity index (χ2v) is 12.7. The number of hydrogen-bond acceptors (Lipinski definition) is 7. The van der Waals surface area contributed by atoms with E-state index in [0.29, 0.717) is 40.0 Å². The highest BCUT2D eigenvalue weighted by atomic mass is 35.5. The van der Waals surface area contributed by atoms with E-state index in [9.17, 15) is 14.4 Å². The molecule has 8 nitrogen and oxygen atoms in total. The fraction of sp³-hybridized carbons (Fsp3) is 0.143. The summed E-state index contributed by atoms with van der Waals surface area (Å²) in [5.74, 6) is -0.343. The van der Waals surface area contributed by atoms with Crippen molar-refractivity contribution in [3.8, 4) is 5.75 Å². The highest BCUT2D eigenvalue weighted by Gasteiger charge is 2.21. The molecule has 5 rings (SSSR count). The molecular weight excluding hydrogens is 640 g/mol. The van der Waals surface area contributed by atoms with Crippen LogP contribution in [0.4, 0.5) is 10.8 Å². The van der Waals surface area contributed by atoms with E-state index in [1.54, 1.807) is 72.8 Å². The Kier molecular flexibility index (Phi) is 11.1. The molecule has 3 amide bonds. The number of benzene rings is 4. The molecule has 1 heterocycles. The lowest BCUT2D eigenvalue weighted by Gasteiger charge is -2.15. The van der Waals surface area contributed by atoms with Crippen molar-refractivity contribution in [2.75, 3.05) is 17.2 Å². The van der Waals surface area contributed by atoms with E-state index < -0.39 is 17.1 Å². The Hall–Kier alpha value is -4.64. The van der Waals surface area contributed by atoms with E-state index in [0.717, 1.165) is 20.9 Å². The SMILES string of the molecule is CCOc1ccc2nc(NC(=O)C(CC)Sc3cccc(NC(=O)/C(=C/c4cccc(Cl)c4)NC(=O)c4ccccc4)c3)sc2c1. The van der Waals surface area contributed by atoms with Crippen LogP contribution >= 0.6 is 34.7 Å². The molecule has 0 aliphatic rings. The molecular formula is C35H31ClN4O4S2. The molecule has 11 heteroatoms. The zero-order chi connectivity index (χ0) is 32.5. The first kappa shape index (κ1) is 32.7. The fourth-order valence-corrected chi connectivity index (χ4v) is 6.55. The number of nitrogens with zero attached hydrogens (tertiary/aromatic N) is 1. The third kappa shape index (κ3) is 8.75. The molecule has 0 spiro atoms. The van der Waals surface area contributed by atoms with Gasteiger partial charge in [0.1, 0.15) is 11.4 Å². The molecule has 1 unspecified atom stereocenters. The van der Waals surface area contributed by atoms with Gasteiger partial charge in [-0.25, -0.2) is 4.98 Å². The van der Waals surface area contributed by atoms with Crippen LogP contribution in [0.3, 0.4) is 0 Å². The number of amides is 3. The summed E-state index contributed by atoms with van der Waals surface area (Å²) in [4.78, 5) is 45.0. The van der Waals surface area contributed by atoms with Crippen molar-refractivity contribution in [1.29, 1.82) is 0 Å². The second kappa shape index (κ2) is 15.6. The first-order chi connectivity index (χ1) is 22.3. The number of hydrogen-bond donors (Lipinski definition) is 3. The quantitative estimate of drug-likeness (QED) is 0.0911. The number of thiazole rings is 1. The van der Waals surface area contributed by atoms with Crippen molar-refractivity contribution in [3.63, 3.8) is 0 Å². The first-order valence-corrected chi connectivity index (χ1v) is 16.6. The molecule has 5 aromatic rings. The van der Waals surface area contributed by atoms with Gasteiger partial charge in [0, 0.05) is 21.2 Å². The summed E-state index contributed by atoms with van der Waals surface area (Å²) in [7, 11) is 0. The lowest BCUT2D eigenvalue weighted by molar-refractivity contribution is -0.116. The molecule has 4 aromatic carbocycles. The van der Waals surface area contributed by atoms with E-state index in [1.165, 1.54) is 23.1 Å². The highest BCUT2D eigenvalue weighted by molar-refractivity contribution is 8.00. The van der Waals surface area contributed by atoms with Gasteiger partial charge in [0.05, 0.1) is 22.1 Å². The molecule has 1 aromatic heterocycles. The zero-order valence-electron chi connectivity index (χ0n) is 25.1. The van der Waals surface area contributed by atoms with Gasteiger partial charge < -0.3 is 20.7 Å². The van der Waals surface area contributed by atoms with Crippen molar-refractivity contribution in [1.82, 2.24) is 10.3 Å². The Labute approximate surface area is 280 Å². The minimum atomic E-state index is -0.514. The van der Waals surface area contributed by atoms with Crippen molar-refractivity contribution in [3.05, 3.63) is 119 Å². The van der Waals surface area contributed by atoms with Crippen molar-refractivity contribution in [2.24, 2.45) is 0 Å². The predicted molar refractivity (Wildman–Crippen MR) is 188 cm³/mol. The average molecular weight is 671 g/mol. The van der Waals surface area contributed by atoms with Gasteiger partial charge >= 0.3 is 0 Å². The molecule has 0 radical (unpaired) electrons. The molecule has 0 aliphatic heterocycles. The van der Waals surface area contributed by atoms with Crippen molar-refractivity contribution in [2.45, 2.75) is 30.4 Å². The summed E-state index contributed by atoms with van der Waals surface area (Å²) >= 11 is 8.94. The second-order valence-electron chi connectivity index (χ2n) is 10.0. The van der Waals surface area contributed by atoms with Gasteiger partial charge in [-0.2, -0.15) is 0 Å². The Morgan fingerprint density at radius 3 is 2.50 bits per heavy atom. The minimum Gasteiger partial charge on any atom is -0.494 e. The van der Waals surface area contributed by atoms with Crippen LogP contribution in [0, 0.1) is 0 Å². The van der Waals surface area contributed by atoms with Crippen LogP contribution < -0.4 is 20.7 Å². The number of anilines is 2. The van der Waals surface area contributed by atoms with Gasteiger partial charge in [0.25, 0.3) is 11.8 Å². The lowest BCUT2D eigenvalue weighted by atomic mass is 10.1. The average Bonchev–Trinajstić information content (AvgIpc) is 3.45. The Bertz CT molecular complexity index is 1890. The number of thioether (sulfide) groups is 1. The molecule has 0 saturated heterocycles. The van der Waals surface area contributed by atoms with Crippen LogP contribution in [0.2, 0.25) is 5.02 Å². The lowest BCUT2D eigenvalue weighted by Crippen LogP contribution is -2.30. The molecule has 0 aliphatic carbocycles. The van der Waals surface area contributed by atoms with Crippen LogP contribution in [0.5, 0.6) is 5.75 Å². The summed E-state index contributed by atoms with van der Waals surface area (Å²) < 4.78 is 6.50. The van der Waals surface area contributed by atoms with E-state index >= 15 is 0 Å². The number of carbonyl (C=O) groups excluding carboxylic acids is 3. The van der Waals surface area contributed by atoms with Gasteiger partial charge in [-0.3, -0.25) is 14.4 Å². The van der Waals surface area contributed by atoms with Crippen molar-refractivity contribution >= 4 is 79.5 Å². The van der Waals surface area contributed by atoms with Crippen LogP contribution in [0.15, 0.2) is 108 Å². The molecule has 0 saturated carbocycles. The largest absolute Gasteiger partial charge is 0.494 e. The van der Waals surface area contributed by atoms with Gasteiger partial charge in [-0.1, -0.05) is 66.3 Å². The van der Waals surface area contributed by atoms with Gasteiger partial charge in [-0.15, -0.1) is 11.8 Å². The number of nitrogens with one attached hydrogen (secondary N) is 3. The first-order valence-electron chi connectivity index (χ1n) is 14.6. The zero-order valence-corrected chi connectivity index (χ0v) is 27.5. The van der Waals surface area contributed by atoms with E-state index in [1.807, 2.05) is 44.2 Å². The number of rotatable bonds is 12. The van der Waals surface area contributed by atoms with E-state index in [-0.39, 0.29) is 11.6 Å². The molecule has 0 bridgehead atoms. The summed E-state index contributed by atoms with van der Waals surface area (Å²) in [6.07, 6.45) is 2.14.